The Morgan fingerprint density at radius 1 is 1.44 bits per heavy atom. The Balaban J connectivity index is 2.10. The lowest BCUT2D eigenvalue weighted by atomic mass is 9.89. The molecule has 4 nitrogen and oxygen atoms in total. The van der Waals surface area contributed by atoms with E-state index in [1.807, 2.05) is 6.92 Å². The fourth-order valence-electron chi connectivity index (χ4n) is 1.98. The van der Waals surface area contributed by atoms with Crippen molar-refractivity contribution in [3.8, 4) is 0 Å². The van der Waals surface area contributed by atoms with Crippen molar-refractivity contribution >= 4 is 5.91 Å². The van der Waals surface area contributed by atoms with Gasteiger partial charge in [0.05, 0.1) is 5.41 Å². The third kappa shape index (κ3) is 4.10. The average molecular weight is 227 g/mol. The van der Waals surface area contributed by atoms with Crippen molar-refractivity contribution in [2.75, 3.05) is 40.3 Å². The lowest BCUT2D eigenvalue weighted by Crippen LogP contribution is -2.40. The van der Waals surface area contributed by atoms with Gasteiger partial charge in [-0.15, -0.1) is 0 Å². The molecule has 16 heavy (non-hydrogen) atoms. The van der Waals surface area contributed by atoms with Crippen LogP contribution < -0.4 is 10.6 Å². The molecule has 0 spiro atoms. The maximum atomic E-state index is 11.9. The van der Waals surface area contributed by atoms with Gasteiger partial charge in [0.1, 0.15) is 0 Å². The van der Waals surface area contributed by atoms with Crippen LogP contribution in [0.15, 0.2) is 0 Å². The van der Waals surface area contributed by atoms with Crippen LogP contribution in [0.4, 0.5) is 0 Å². The summed E-state index contributed by atoms with van der Waals surface area (Å²) in [6.07, 6.45) is 3.16. The smallest absolute Gasteiger partial charge is 0.227 e. The maximum absolute atomic E-state index is 11.9. The van der Waals surface area contributed by atoms with Gasteiger partial charge < -0.3 is 15.5 Å². The Kier molecular flexibility index (Phi) is 5.22. The van der Waals surface area contributed by atoms with E-state index in [4.69, 9.17) is 0 Å². The quantitative estimate of drug-likeness (QED) is 0.647. The molecule has 0 aromatic heterocycles. The number of hydrogen-bond acceptors (Lipinski definition) is 3. The average Bonchev–Trinajstić information content (AvgIpc) is 2.65. The highest BCUT2D eigenvalue weighted by atomic mass is 16.2. The van der Waals surface area contributed by atoms with Crippen LogP contribution in [0.25, 0.3) is 0 Å². The molecule has 0 bridgehead atoms. The molecule has 1 saturated heterocycles. The van der Waals surface area contributed by atoms with Gasteiger partial charge in [-0.05, 0) is 53.4 Å². The topological polar surface area (TPSA) is 44.4 Å². The molecule has 94 valence electrons. The molecule has 1 aliphatic rings. The number of nitrogens with one attached hydrogen (secondary N) is 2. The summed E-state index contributed by atoms with van der Waals surface area (Å²) in [4.78, 5) is 14.1. The highest BCUT2D eigenvalue weighted by Crippen LogP contribution is 2.24. The fourth-order valence-corrected chi connectivity index (χ4v) is 1.98. The molecule has 0 saturated carbocycles. The van der Waals surface area contributed by atoms with Gasteiger partial charge in [0.25, 0.3) is 0 Å². The SMILES string of the molecule is CN(C)CCCCNC(=O)C1(C)CCNC1. The van der Waals surface area contributed by atoms with Gasteiger partial charge >= 0.3 is 0 Å². The summed E-state index contributed by atoms with van der Waals surface area (Å²) in [5.74, 6) is 0.211. The summed E-state index contributed by atoms with van der Waals surface area (Å²) >= 11 is 0. The summed E-state index contributed by atoms with van der Waals surface area (Å²) in [6, 6.07) is 0. The second-order valence-electron chi connectivity index (χ2n) is 5.25. The minimum absolute atomic E-state index is 0.179. The summed E-state index contributed by atoms with van der Waals surface area (Å²) in [5.41, 5.74) is -0.179. The molecule has 1 heterocycles. The predicted octanol–water partition coefficient (Wildman–Crippen LogP) is 0.444. The minimum atomic E-state index is -0.179. The summed E-state index contributed by atoms with van der Waals surface area (Å²) < 4.78 is 0. The van der Waals surface area contributed by atoms with E-state index in [1.165, 1.54) is 0 Å². The number of carbonyl (C=O) groups excluding carboxylic acids is 1. The molecule has 4 heteroatoms. The van der Waals surface area contributed by atoms with Crippen LogP contribution in [-0.2, 0) is 4.79 Å². The third-order valence-corrected chi connectivity index (χ3v) is 3.23. The van der Waals surface area contributed by atoms with Gasteiger partial charge in [0.2, 0.25) is 5.91 Å². The van der Waals surface area contributed by atoms with Crippen LogP contribution in [0.3, 0.4) is 0 Å². The maximum Gasteiger partial charge on any atom is 0.227 e. The number of carbonyl (C=O) groups is 1. The van der Waals surface area contributed by atoms with E-state index in [2.05, 4.69) is 29.6 Å². The molecule has 1 rings (SSSR count). The van der Waals surface area contributed by atoms with Crippen molar-refractivity contribution in [1.82, 2.24) is 15.5 Å². The van der Waals surface area contributed by atoms with Crippen LogP contribution in [0.2, 0.25) is 0 Å². The van der Waals surface area contributed by atoms with E-state index < -0.39 is 0 Å². The Morgan fingerprint density at radius 2 is 2.19 bits per heavy atom. The molecule has 2 N–H and O–H groups in total. The molecule has 1 atom stereocenters. The lowest BCUT2D eigenvalue weighted by molar-refractivity contribution is -0.129. The van der Waals surface area contributed by atoms with Gasteiger partial charge in [0.15, 0.2) is 0 Å². The Labute approximate surface area is 98.8 Å². The first-order valence-electron chi connectivity index (χ1n) is 6.18. The highest BCUT2D eigenvalue weighted by molar-refractivity contribution is 5.82. The molecule has 1 amide bonds. The van der Waals surface area contributed by atoms with Gasteiger partial charge in [-0.25, -0.2) is 0 Å². The second-order valence-corrected chi connectivity index (χ2v) is 5.25. The Morgan fingerprint density at radius 3 is 2.75 bits per heavy atom. The van der Waals surface area contributed by atoms with E-state index in [1.54, 1.807) is 0 Å². The van der Waals surface area contributed by atoms with Crippen LogP contribution in [0, 0.1) is 5.41 Å². The van der Waals surface area contributed by atoms with E-state index in [0.717, 1.165) is 45.4 Å². The normalized spacial score (nSPS) is 25.0. The number of unbranched alkanes of at least 4 members (excludes halogenated alkanes) is 1. The van der Waals surface area contributed by atoms with E-state index in [-0.39, 0.29) is 11.3 Å². The monoisotopic (exact) mass is 227 g/mol. The molecular weight excluding hydrogens is 202 g/mol. The van der Waals surface area contributed by atoms with Crippen LogP contribution in [0.1, 0.15) is 26.2 Å². The van der Waals surface area contributed by atoms with Gasteiger partial charge in [-0.2, -0.15) is 0 Å². The van der Waals surface area contributed by atoms with E-state index >= 15 is 0 Å². The number of rotatable bonds is 6. The van der Waals surface area contributed by atoms with Crippen LogP contribution in [-0.4, -0.2) is 51.1 Å². The van der Waals surface area contributed by atoms with Crippen LogP contribution >= 0.6 is 0 Å². The van der Waals surface area contributed by atoms with E-state index in [0.29, 0.717) is 0 Å². The summed E-state index contributed by atoms with van der Waals surface area (Å²) in [7, 11) is 4.15. The van der Waals surface area contributed by atoms with Gasteiger partial charge in [-0.1, -0.05) is 0 Å². The van der Waals surface area contributed by atoms with Crippen LogP contribution in [0.5, 0.6) is 0 Å². The van der Waals surface area contributed by atoms with Gasteiger partial charge in [-0.3, -0.25) is 4.79 Å². The third-order valence-electron chi connectivity index (χ3n) is 3.23. The Hall–Kier alpha value is -0.610. The number of amides is 1. The molecule has 0 aromatic carbocycles. The molecule has 1 unspecified atom stereocenters. The molecule has 0 radical (unpaired) electrons. The number of nitrogens with zero attached hydrogens (tertiary/aromatic N) is 1. The fraction of sp³-hybridized carbons (Fsp3) is 0.917. The molecule has 1 aliphatic heterocycles. The zero-order valence-electron chi connectivity index (χ0n) is 10.8. The first-order valence-corrected chi connectivity index (χ1v) is 6.18. The van der Waals surface area contributed by atoms with Crippen molar-refractivity contribution in [3.63, 3.8) is 0 Å². The largest absolute Gasteiger partial charge is 0.356 e. The van der Waals surface area contributed by atoms with Crippen molar-refractivity contribution in [3.05, 3.63) is 0 Å². The molecular formula is C12H25N3O. The standard InChI is InChI=1S/C12H25N3O/c1-12(6-8-13-10-12)11(16)14-7-4-5-9-15(2)3/h13H,4-10H2,1-3H3,(H,14,16). The number of hydrogen-bond donors (Lipinski definition) is 2. The zero-order valence-corrected chi connectivity index (χ0v) is 10.8. The van der Waals surface area contributed by atoms with Gasteiger partial charge in [0, 0.05) is 13.1 Å². The first-order chi connectivity index (χ1) is 7.54. The van der Waals surface area contributed by atoms with Crippen molar-refractivity contribution in [2.24, 2.45) is 5.41 Å². The molecule has 1 fully saturated rings. The lowest BCUT2D eigenvalue weighted by Gasteiger charge is -2.21. The van der Waals surface area contributed by atoms with Crippen molar-refractivity contribution in [2.45, 2.75) is 26.2 Å². The Bertz CT molecular complexity index is 222. The molecule has 0 aromatic rings. The van der Waals surface area contributed by atoms with E-state index in [9.17, 15) is 4.79 Å². The highest BCUT2D eigenvalue weighted by Gasteiger charge is 2.35. The van der Waals surface area contributed by atoms with Crippen molar-refractivity contribution in [1.29, 1.82) is 0 Å². The zero-order chi connectivity index (χ0) is 12.0. The summed E-state index contributed by atoms with van der Waals surface area (Å²) in [5, 5.41) is 6.28. The van der Waals surface area contributed by atoms with Crippen molar-refractivity contribution < 1.29 is 4.79 Å². The molecule has 0 aliphatic carbocycles. The minimum Gasteiger partial charge on any atom is -0.356 e. The second kappa shape index (κ2) is 6.21. The predicted molar refractivity (Wildman–Crippen MR) is 66.4 cm³/mol. The first kappa shape index (κ1) is 13.5. The summed E-state index contributed by atoms with van der Waals surface area (Å²) in [6.45, 7) is 5.72.